The van der Waals surface area contributed by atoms with E-state index in [4.69, 9.17) is 9.47 Å². The number of carbonyl (C=O) groups excluding carboxylic acids is 2. The summed E-state index contributed by atoms with van der Waals surface area (Å²) in [4.78, 5) is 27.0. The molecule has 0 radical (unpaired) electrons. The maximum atomic E-state index is 12.6. The van der Waals surface area contributed by atoms with Gasteiger partial charge in [-0.1, -0.05) is 31.2 Å². The second kappa shape index (κ2) is 10.2. The Hall–Kier alpha value is -3.85. The number of nitrogens with one attached hydrogen (secondary N) is 1. The van der Waals surface area contributed by atoms with Gasteiger partial charge in [0, 0.05) is 11.8 Å². The topological polar surface area (TPSA) is 102 Å². The molecule has 35 heavy (non-hydrogen) atoms. The van der Waals surface area contributed by atoms with E-state index in [1.54, 1.807) is 49.3 Å². The molecule has 3 aromatic rings. The van der Waals surface area contributed by atoms with Crippen molar-refractivity contribution in [3.63, 3.8) is 0 Å². The predicted molar refractivity (Wildman–Crippen MR) is 133 cm³/mol. The Balaban J connectivity index is 1.44. The van der Waals surface area contributed by atoms with Crippen molar-refractivity contribution in [2.24, 2.45) is 0 Å². The molecule has 182 valence electrons. The van der Waals surface area contributed by atoms with Crippen LogP contribution in [0, 0.1) is 0 Å². The van der Waals surface area contributed by atoms with E-state index in [0.29, 0.717) is 29.2 Å². The van der Waals surface area contributed by atoms with Crippen LogP contribution in [0.4, 0.5) is 11.4 Å². The molecular weight excluding hydrogens is 468 g/mol. The number of nitrogens with zero attached hydrogens (tertiary/aromatic N) is 1. The lowest BCUT2D eigenvalue weighted by molar-refractivity contribution is -0.121. The normalized spacial score (nSPS) is 13.1. The lowest BCUT2D eigenvalue weighted by Crippen LogP contribution is -2.38. The molecule has 2 amide bonds. The minimum atomic E-state index is -3.28. The van der Waals surface area contributed by atoms with Crippen molar-refractivity contribution in [1.29, 1.82) is 0 Å². The molecule has 0 fully saturated rings. The van der Waals surface area contributed by atoms with E-state index in [0.717, 1.165) is 11.3 Å². The Morgan fingerprint density at radius 2 is 1.71 bits per heavy atom. The monoisotopic (exact) mass is 494 g/mol. The Bertz CT molecular complexity index is 1340. The first-order valence-electron chi connectivity index (χ1n) is 11.1. The van der Waals surface area contributed by atoms with Gasteiger partial charge in [0.05, 0.1) is 36.4 Å². The van der Waals surface area contributed by atoms with Crippen molar-refractivity contribution in [1.82, 2.24) is 0 Å². The highest BCUT2D eigenvalue weighted by Crippen LogP contribution is 2.35. The molecule has 4 rings (SSSR count). The van der Waals surface area contributed by atoms with Gasteiger partial charge in [-0.15, -0.1) is 0 Å². The van der Waals surface area contributed by atoms with Crippen molar-refractivity contribution in [3.8, 4) is 11.5 Å². The minimum absolute atomic E-state index is 0.0242. The van der Waals surface area contributed by atoms with Crippen molar-refractivity contribution in [3.05, 3.63) is 77.9 Å². The third kappa shape index (κ3) is 5.63. The second-order valence-electron chi connectivity index (χ2n) is 8.07. The molecule has 9 heteroatoms. The molecule has 0 atom stereocenters. The molecule has 0 saturated heterocycles. The summed E-state index contributed by atoms with van der Waals surface area (Å²) in [5.41, 5.74) is 2.81. The fraction of sp³-hybridized carbons (Fsp3) is 0.231. The molecular formula is C26H26N2O6S. The number of benzene rings is 3. The van der Waals surface area contributed by atoms with Gasteiger partial charge in [0.1, 0.15) is 11.5 Å². The molecule has 8 nitrogen and oxygen atoms in total. The Morgan fingerprint density at radius 1 is 1.03 bits per heavy atom. The zero-order valence-corrected chi connectivity index (χ0v) is 20.3. The number of rotatable bonds is 8. The molecule has 0 aliphatic carbocycles. The molecule has 0 bridgehead atoms. The number of hydrogen-bond acceptors (Lipinski definition) is 6. The lowest BCUT2D eigenvalue weighted by atomic mass is 10.1. The average Bonchev–Trinajstić information content (AvgIpc) is 2.86. The van der Waals surface area contributed by atoms with Crippen molar-refractivity contribution in [2.45, 2.75) is 24.8 Å². The van der Waals surface area contributed by atoms with Crippen LogP contribution in [0.5, 0.6) is 11.5 Å². The van der Waals surface area contributed by atoms with E-state index >= 15 is 0 Å². The van der Waals surface area contributed by atoms with Crippen LogP contribution in [0.15, 0.2) is 71.6 Å². The Labute approximate surface area is 204 Å². The number of anilines is 2. The van der Waals surface area contributed by atoms with Crippen LogP contribution in [-0.2, 0) is 32.4 Å². The number of fused-ring (bicyclic) bond motifs is 1. The van der Waals surface area contributed by atoms with Gasteiger partial charge in [-0.05, 0) is 47.5 Å². The number of hydrogen-bond donors (Lipinski definition) is 1. The zero-order valence-electron chi connectivity index (χ0n) is 19.5. The Kier molecular flexibility index (Phi) is 7.07. The molecule has 0 aromatic heterocycles. The third-order valence-electron chi connectivity index (χ3n) is 5.71. The summed E-state index contributed by atoms with van der Waals surface area (Å²) >= 11 is 0. The van der Waals surface area contributed by atoms with E-state index in [9.17, 15) is 18.0 Å². The second-order valence-corrected chi connectivity index (χ2v) is 10.3. The van der Waals surface area contributed by atoms with Gasteiger partial charge in [0.15, 0.2) is 16.4 Å². The summed E-state index contributed by atoms with van der Waals surface area (Å²) in [7, 11) is -1.68. The number of methoxy groups -OCH3 is 1. The smallest absolute Gasteiger partial charge is 0.265 e. The molecule has 0 spiro atoms. The number of sulfone groups is 1. The quantitative estimate of drug-likeness (QED) is 0.514. The predicted octanol–water partition coefficient (Wildman–Crippen LogP) is 3.60. The van der Waals surface area contributed by atoms with Crippen molar-refractivity contribution < 1.29 is 27.5 Å². The number of amides is 2. The van der Waals surface area contributed by atoms with Crippen LogP contribution in [0.25, 0.3) is 0 Å². The van der Waals surface area contributed by atoms with E-state index in [2.05, 4.69) is 5.32 Å². The van der Waals surface area contributed by atoms with Crippen molar-refractivity contribution >= 4 is 33.0 Å². The van der Waals surface area contributed by atoms with Gasteiger partial charge < -0.3 is 19.7 Å². The Morgan fingerprint density at radius 3 is 2.37 bits per heavy atom. The SMILES string of the molecule is CCS(=O)(=O)c1ccc(CC(=O)Nc2ccc3c(c2)OCC(=O)N3Cc2ccc(OC)cc2)cc1. The van der Waals surface area contributed by atoms with Crippen LogP contribution in [0.1, 0.15) is 18.1 Å². The number of ether oxygens (including phenoxy) is 2. The zero-order chi connectivity index (χ0) is 25.0. The van der Waals surface area contributed by atoms with Crippen LogP contribution in [-0.4, -0.2) is 39.7 Å². The van der Waals surface area contributed by atoms with Gasteiger partial charge in [-0.2, -0.15) is 0 Å². The van der Waals surface area contributed by atoms with Gasteiger partial charge >= 0.3 is 0 Å². The largest absolute Gasteiger partial charge is 0.497 e. The number of carbonyl (C=O) groups is 2. The first kappa shape index (κ1) is 24.3. The van der Waals surface area contributed by atoms with E-state index < -0.39 is 9.84 Å². The fourth-order valence-corrected chi connectivity index (χ4v) is 4.63. The highest BCUT2D eigenvalue weighted by Gasteiger charge is 2.26. The summed E-state index contributed by atoms with van der Waals surface area (Å²) in [6, 6.07) is 19.0. The summed E-state index contributed by atoms with van der Waals surface area (Å²) in [5, 5.41) is 2.83. The first-order chi connectivity index (χ1) is 16.8. The van der Waals surface area contributed by atoms with Crippen molar-refractivity contribution in [2.75, 3.05) is 29.7 Å². The van der Waals surface area contributed by atoms with E-state index in [1.165, 1.54) is 12.1 Å². The molecule has 1 heterocycles. The standard InChI is InChI=1S/C26H26N2O6S/c1-3-35(31,32)22-11-6-18(7-12-22)14-25(29)27-20-8-13-23-24(15-20)34-17-26(30)28(23)16-19-4-9-21(33-2)10-5-19/h4-13,15H,3,14,16-17H2,1-2H3,(H,27,29). The van der Waals surface area contributed by atoms with Crippen LogP contribution >= 0.6 is 0 Å². The summed E-state index contributed by atoms with van der Waals surface area (Å²) in [5.74, 6) is 0.863. The highest BCUT2D eigenvalue weighted by molar-refractivity contribution is 7.91. The first-order valence-corrected chi connectivity index (χ1v) is 12.8. The summed E-state index contributed by atoms with van der Waals surface area (Å²) in [6.07, 6.45) is 0.0898. The van der Waals surface area contributed by atoms with Crippen LogP contribution in [0.3, 0.4) is 0 Å². The molecule has 3 aromatic carbocycles. The molecule has 0 saturated carbocycles. The summed E-state index contributed by atoms with van der Waals surface area (Å²) < 4.78 is 34.7. The average molecular weight is 495 g/mol. The minimum Gasteiger partial charge on any atom is -0.497 e. The van der Waals surface area contributed by atoms with E-state index in [1.807, 2.05) is 24.3 Å². The molecule has 1 aliphatic heterocycles. The van der Waals surface area contributed by atoms with Crippen LogP contribution in [0.2, 0.25) is 0 Å². The van der Waals surface area contributed by atoms with Gasteiger partial charge in [-0.25, -0.2) is 8.42 Å². The van der Waals surface area contributed by atoms with Gasteiger partial charge in [-0.3, -0.25) is 9.59 Å². The van der Waals surface area contributed by atoms with Gasteiger partial charge in [0.25, 0.3) is 5.91 Å². The van der Waals surface area contributed by atoms with Crippen LogP contribution < -0.4 is 19.7 Å². The molecule has 0 unspecified atom stereocenters. The maximum absolute atomic E-state index is 12.6. The fourth-order valence-electron chi connectivity index (χ4n) is 3.74. The highest BCUT2D eigenvalue weighted by atomic mass is 32.2. The lowest BCUT2D eigenvalue weighted by Gasteiger charge is -2.30. The van der Waals surface area contributed by atoms with E-state index in [-0.39, 0.29) is 35.5 Å². The maximum Gasteiger partial charge on any atom is 0.265 e. The molecule has 1 aliphatic rings. The third-order valence-corrected chi connectivity index (χ3v) is 7.46. The molecule has 1 N–H and O–H groups in total. The summed E-state index contributed by atoms with van der Waals surface area (Å²) in [6.45, 7) is 1.88. The van der Waals surface area contributed by atoms with Gasteiger partial charge in [0.2, 0.25) is 5.91 Å².